The fourth-order valence-corrected chi connectivity index (χ4v) is 4.10. The molecule has 1 aromatic rings. The number of Topliss-reactive ketones (excluding diaryl/α,β-unsaturated/α-hetero) is 2. The normalized spacial score (nSPS) is 31.5. The highest BCUT2D eigenvalue weighted by atomic mass is 19.1. The summed E-state index contributed by atoms with van der Waals surface area (Å²) in [4.78, 5) is 37.6. The van der Waals surface area contributed by atoms with E-state index in [0.717, 1.165) is 18.2 Å². The van der Waals surface area contributed by atoms with E-state index < -0.39 is 45.4 Å². The van der Waals surface area contributed by atoms with E-state index >= 15 is 0 Å². The Balaban J connectivity index is 2.04. The van der Waals surface area contributed by atoms with Gasteiger partial charge in [0.05, 0.1) is 5.69 Å². The molecule has 1 amide bonds. The fourth-order valence-electron chi connectivity index (χ4n) is 4.10. The Kier molecular flexibility index (Phi) is 3.06. The number of rotatable bonds is 2. The van der Waals surface area contributed by atoms with Gasteiger partial charge < -0.3 is 5.32 Å². The lowest BCUT2D eigenvalue weighted by Gasteiger charge is -2.37. The van der Waals surface area contributed by atoms with Gasteiger partial charge in [0.25, 0.3) is 0 Å². The molecular formula is C17H17F2NO3. The predicted molar refractivity (Wildman–Crippen MR) is 78.6 cm³/mol. The number of carbonyl (C=O) groups is 3. The summed E-state index contributed by atoms with van der Waals surface area (Å²) < 4.78 is 27.0. The van der Waals surface area contributed by atoms with Crippen LogP contribution >= 0.6 is 0 Å². The van der Waals surface area contributed by atoms with Crippen LogP contribution < -0.4 is 5.32 Å². The van der Waals surface area contributed by atoms with Crippen LogP contribution in [0.2, 0.25) is 0 Å². The monoisotopic (exact) mass is 321 g/mol. The molecule has 3 rings (SSSR count). The highest BCUT2D eigenvalue weighted by Crippen LogP contribution is 2.69. The number of amides is 1. The molecule has 6 heteroatoms. The summed E-state index contributed by atoms with van der Waals surface area (Å²) in [5, 5.41) is 2.31. The molecular weight excluding hydrogens is 304 g/mol. The summed E-state index contributed by atoms with van der Waals surface area (Å²) in [6, 6.07) is 2.69. The number of nitrogens with one attached hydrogen (secondary N) is 1. The molecule has 2 fully saturated rings. The second-order valence-corrected chi connectivity index (χ2v) is 7.10. The minimum absolute atomic E-state index is 0.226. The number of anilines is 1. The van der Waals surface area contributed by atoms with E-state index in [0.29, 0.717) is 6.42 Å². The Bertz CT molecular complexity index is 758. The number of halogens is 2. The third-order valence-corrected chi connectivity index (χ3v) is 6.11. The first kappa shape index (κ1) is 15.8. The molecule has 1 aromatic carbocycles. The standard InChI is InChI=1S/C17H17F2NO3/c1-15(2)16(3)6-7-17(15,13(22)12(16)21)14(23)20-11-8-9(18)4-5-10(11)19/h4-5,8H,6-7H2,1-3H3,(H,20,23). The summed E-state index contributed by atoms with van der Waals surface area (Å²) in [6.45, 7) is 5.12. The Hall–Kier alpha value is -2.11. The maximum Gasteiger partial charge on any atom is 0.239 e. The van der Waals surface area contributed by atoms with Gasteiger partial charge in [-0.05, 0) is 30.4 Å². The highest BCUT2D eigenvalue weighted by Gasteiger charge is 2.77. The topological polar surface area (TPSA) is 63.2 Å². The molecule has 2 atom stereocenters. The van der Waals surface area contributed by atoms with Crippen molar-refractivity contribution in [2.45, 2.75) is 33.6 Å². The molecule has 2 saturated carbocycles. The van der Waals surface area contributed by atoms with Crippen molar-refractivity contribution in [3.63, 3.8) is 0 Å². The molecule has 0 radical (unpaired) electrons. The van der Waals surface area contributed by atoms with E-state index in [2.05, 4.69) is 5.32 Å². The average molecular weight is 321 g/mol. The zero-order chi connectivity index (χ0) is 17.2. The molecule has 0 aliphatic heterocycles. The molecule has 1 N–H and O–H groups in total. The van der Waals surface area contributed by atoms with Crippen LogP contribution in [0, 0.1) is 27.9 Å². The summed E-state index contributed by atoms with van der Waals surface area (Å²) in [5.74, 6) is -3.53. The Morgan fingerprint density at radius 1 is 1.09 bits per heavy atom. The lowest BCUT2D eigenvalue weighted by atomic mass is 9.64. The Labute approximate surface area is 132 Å². The predicted octanol–water partition coefficient (Wildman–Crippen LogP) is 2.87. The van der Waals surface area contributed by atoms with Crippen LogP contribution in [-0.4, -0.2) is 17.5 Å². The van der Waals surface area contributed by atoms with Crippen LogP contribution in [0.1, 0.15) is 33.6 Å². The second kappa shape index (κ2) is 4.46. The van der Waals surface area contributed by atoms with Gasteiger partial charge in [0.1, 0.15) is 17.0 Å². The molecule has 23 heavy (non-hydrogen) atoms. The van der Waals surface area contributed by atoms with E-state index in [-0.39, 0.29) is 12.1 Å². The number of hydrogen-bond donors (Lipinski definition) is 1. The van der Waals surface area contributed by atoms with Crippen LogP contribution in [-0.2, 0) is 14.4 Å². The maximum atomic E-state index is 13.8. The molecule has 0 heterocycles. The minimum atomic E-state index is -1.53. The maximum absolute atomic E-state index is 13.8. The second-order valence-electron chi connectivity index (χ2n) is 7.10. The van der Waals surface area contributed by atoms with E-state index in [1.54, 1.807) is 20.8 Å². The number of hydrogen-bond acceptors (Lipinski definition) is 3. The Morgan fingerprint density at radius 2 is 1.74 bits per heavy atom. The number of carbonyl (C=O) groups excluding carboxylic acids is 3. The van der Waals surface area contributed by atoms with E-state index in [1.165, 1.54) is 0 Å². The third-order valence-electron chi connectivity index (χ3n) is 6.11. The van der Waals surface area contributed by atoms with Crippen LogP contribution in [0.4, 0.5) is 14.5 Å². The summed E-state index contributed by atoms with van der Waals surface area (Å²) in [7, 11) is 0. The summed E-state index contributed by atoms with van der Waals surface area (Å²) >= 11 is 0. The molecule has 2 bridgehead atoms. The summed E-state index contributed by atoms with van der Waals surface area (Å²) in [6.07, 6.45) is 0.646. The molecule has 2 unspecified atom stereocenters. The average Bonchev–Trinajstić information content (AvgIpc) is 2.75. The van der Waals surface area contributed by atoms with Crippen molar-refractivity contribution in [2.24, 2.45) is 16.2 Å². The quantitative estimate of drug-likeness (QED) is 0.673. The zero-order valence-electron chi connectivity index (χ0n) is 13.1. The van der Waals surface area contributed by atoms with E-state index in [9.17, 15) is 23.2 Å². The fraction of sp³-hybridized carbons (Fsp3) is 0.471. The molecule has 0 aromatic heterocycles. The van der Waals surface area contributed by atoms with Gasteiger partial charge in [-0.25, -0.2) is 8.78 Å². The van der Waals surface area contributed by atoms with Gasteiger partial charge >= 0.3 is 0 Å². The van der Waals surface area contributed by atoms with Crippen molar-refractivity contribution in [1.29, 1.82) is 0 Å². The minimum Gasteiger partial charge on any atom is -0.323 e. The van der Waals surface area contributed by atoms with Gasteiger partial charge in [-0.2, -0.15) is 0 Å². The molecule has 122 valence electrons. The van der Waals surface area contributed by atoms with Crippen LogP contribution in [0.15, 0.2) is 18.2 Å². The molecule has 2 aliphatic rings. The molecule has 4 nitrogen and oxygen atoms in total. The smallest absolute Gasteiger partial charge is 0.239 e. The van der Waals surface area contributed by atoms with Gasteiger partial charge in [-0.15, -0.1) is 0 Å². The SMILES string of the molecule is CC12CCC(C(=O)Nc3cc(F)ccc3F)(C(=O)C1=O)C2(C)C. The molecule has 2 aliphatic carbocycles. The lowest BCUT2D eigenvalue weighted by molar-refractivity contribution is -0.147. The van der Waals surface area contributed by atoms with Crippen molar-refractivity contribution in [3.05, 3.63) is 29.8 Å². The van der Waals surface area contributed by atoms with Gasteiger partial charge in [-0.1, -0.05) is 20.8 Å². The third kappa shape index (κ3) is 1.66. The van der Waals surface area contributed by atoms with Gasteiger partial charge in [-0.3, -0.25) is 14.4 Å². The van der Waals surface area contributed by atoms with Crippen molar-refractivity contribution in [1.82, 2.24) is 0 Å². The highest BCUT2D eigenvalue weighted by molar-refractivity contribution is 6.49. The van der Waals surface area contributed by atoms with Crippen LogP contribution in [0.3, 0.4) is 0 Å². The number of fused-ring (bicyclic) bond motifs is 2. The van der Waals surface area contributed by atoms with Crippen LogP contribution in [0.5, 0.6) is 0 Å². The van der Waals surface area contributed by atoms with Crippen molar-refractivity contribution in [3.8, 4) is 0 Å². The van der Waals surface area contributed by atoms with Gasteiger partial charge in [0.15, 0.2) is 0 Å². The van der Waals surface area contributed by atoms with E-state index in [1.807, 2.05) is 0 Å². The molecule has 0 saturated heterocycles. The first-order valence-electron chi connectivity index (χ1n) is 7.44. The first-order chi connectivity index (χ1) is 10.6. The van der Waals surface area contributed by atoms with Crippen LogP contribution in [0.25, 0.3) is 0 Å². The first-order valence-corrected chi connectivity index (χ1v) is 7.44. The largest absolute Gasteiger partial charge is 0.323 e. The number of ketones is 2. The number of benzene rings is 1. The molecule has 0 spiro atoms. The summed E-state index contributed by atoms with van der Waals surface area (Å²) in [5.41, 5.74) is -3.65. The van der Waals surface area contributed by atoms with Crippen molar-refractivity contribution >= 4 is 23.2 Å². The Morgan fingerprint density at radius 3 is 2.30 bits per heavy atom. The zero-order valence-corrected chi connectivity index (χ0v) is 13.1. The van der Waals surface area contributed by atoms with Crippen molar-refractivity contribution < 1.29 is 23.2 Å². The van der Waals surface area contributed by atoms with Gasteiger partial charge in [0, 0.05) is 11.5 Å². The van der Waals surface area contributed by atoms with Gasteiger partial charge in [0.2, 0.25) is 17.5 Å². The van der Waals surface area contributed by atoms with Crippen molar-refractivity contribution in [2.75, 3.05) is 5.32 Å². The van der Waals surface area contributed by atoms with E-state index in [4.69, 9.17) is 0 Å². The lowest BCUT2D eigenvalue weighted by Crippen LogP contribution is -2.47.